The van der Waals surface area contributed by atoms with Crippen LogP contribution in [-0.4, -0.2) is 32.5 Å². The highest BCUT2D eigenvalue weighted by molar-refractivity contribution is 7.99. The maximum atomic E-state index is 12.1. The molecule has 2 fully saturated rings. The number of nitrogens with zero attached hydrogens (tertiary/aromatic N) is 3. The van der Waals surface area contributed by atoms with E-state index in [9.17, 15) is 4.79 Å². The van der Waals surface area contributed by atoms with Gasteiger partial charge in [-0.05, 0) is 18.8 Å². The number of aromatic nitrogens is 3. The Morgan fingerprint density at radius 3 is 2.46 bits per heavy atom. The van der Waals surface area contributed by atoms with Crippen LogP contribution in [0.1, 0.15) is 70.0 Å². The van der Waals surface area contributed by atoms with Crippen molar-refractivity contribution in [2.45, 2.75) is 81.8 Å². The Labute approximate surface area is 149 Å². The number of rotatable bonds is 6. The van der Waals surface area contributed by atoms with Crippen LogP contribution in [0.2, 0.25) is 0 Å². The van der Waals surface area contributed by atoms with Gasteiger partial charge in [-0.15, -0.1) is 10.2 Å². The summed E-state index contributed by atoms with van der Waals surface area (Å²) in [6.07, 6.45) is 13.8. The highest BCUT2D eigenvalue weighted by Crippen LogP contribution is 2.27. The lowest BCUT2D eigenvalue weighted by atomic mass is 9.87. The third kappa shape index (κ3) is 4.98. The van der Waals surface area contributed by atoms with Crippen LogP contribution in [0.4, 0.5) is 0 Å². The first-order valence-corrected chi connectivity index (χ1v) is 10.5. The Morgan fingerprint density at radius 1 is 1.08 bits per heavy atom. The van der Waals surface area contributed by atoms with Crippen LogP contribution in [0.5, 0.6) is 0 Å². The van der Waals surface area contributed by atoms with Crippen LogP contribution in [0, 0.1) is 5.92 Å². The van der Waals surface area contributed by atoms with Crippen molar-refractivity contribution in [3.63, 3.8) is 0 Å². The minimum Gasteiger partial charge on any atom is -0.353 e. The standard InChI is InChI=1S/C18H30N4OS/c1-22-16(12-14-8-4-2-5-9-14)20-21-18(22)24-13-17(23)19-15-10-6-3-7-11-15/h14-15H,2-13H2,1H3,(H,19,23). The Bertz CT molecular complexity index is 533. The zero-order valence-corrected chi connectivity index (χ0v) is 15.6. The minimum absolute atomic E-state index is 0.128. The molecule has 0 atom stereocenters. The summed E-state index contributed by atoms with van der Waals surface area (Å²) in [4.78, 5) is 12.1. The van der Waals surface area contributed by atoms with E-state index >= 15 is 0 Å². The molecule has 134 valence electrons. The first kappa shape index (κ1) is 17.8. The molecule has 1 aromatic rings. The number of hydrogen-bond acceptors (Lipinski definition) is 4. The highest BCUT2D eigenvalue weighted by atomic mass is 32.2. The zero-order valence-electron chi connectivity index (χ0n) is 14.8. The maximum Gasteiger partial charge on any atom is 0.230 e. The van der Waals surface area contributed by atoms with Gasteiger partial charge in [0.15, 0.2) is 5.16 Å². The summed E-state index contributed by atoms with van der Waals surface area (Å²) in [5, 5.41) is 12.7. The van der Waals surface area contributed by atoms with Gasteiger partial charge >= 0.3 is 0 Å². The molecular weight excluding hydrogens is 320 g/mol. The summed E-state index contributed by atoms with van der Waals surface area (Å²) < 4.78 is 2.08. The largest absolute Gasteiger partial charge is 0.353 e. The molecule has 2 aliphatic rings. The molecule has 1 heterocycles. The second kappa shape index (κ2) is 8.88. The van der Waals surface area contributed by atoms with Crippen molar-refractivity contribution < 1.29 is 4.79 Å². The number of hydrogen-bond donors (Lipinski definition) is 1. The second-order valence-electron chi connectivity index (χ2n) is 7.36. The molecule has 0 aliphatic heterocycles. The lowest BCUT2D eigenvalue weighted by molar-refractivity contribution is -0.119. The molecule has 24 heavy (non-hydrogen) atoms. The smallest absolute Gasteiger partial charge is 0.230 e. The number of nitrogens with one attached hydrogen (secondary N) is 1. The molecule has 0 spiro atoms. The zero-order chi connectivity index (χ0) is 16.8. The number of amides is 1. The Balaban J connectivity index is 1.45. The summed E-state index contributed by atoms with van der Waals surface area (Å²) in [6.45, 7) is 0. The third-order valence-corrected chi connectivity index (χ3v) is 6.44. The van der Waals surface area contributed by atoms with Crippen LogP contribution < -0.4 is 5.32 Å². The van der Waals surface area contributed by atoms with E-state index < -0.39 is 0 Å². The molecule has 0 radical (unpaired) electrons. The summed E-state index contributed by atoms with van der Waals surface area (Å²) in [5.74, 6) is 2.39. The van der Waals surface area contributed by atoms with E-state index in [1.807, 2.05) is 7.05 Å². The fourth-order valence-electron chi connectivity index (χ4n) is 3.94. The fourth-order valence-corrected chi connectivity index (χ4v) is 4.69. The molecule has 3 rings (SSSR count). The van der Waals surface area contributed by atoms with Crippen LogP contribution in [0.15, 0.2) is 5.16 Å². The van der Waals surface area contributed by atoms with Crippen molar-refractivity contribution >= 4 is 17.7 Å². The monoisotopic (exact) mass is 350 g/mol. The molecule has 1 N–H and O–H groups in total. The first-order chi connectivity index (χ1) is 11.7. The fraction of sp³-hybridized carbons (Fsp3) is 0.833. The summed E-state index contributed by atoms with van der Waals surface area (Å²) in [7, 11) is 2.03. The Hall–Kier alpha value is -1.04. The van der Waals surface area contributed by atoms with Gasteiger partial charge in [-0.25, -0.2) is 0 Å². The first-order valence-electron chi connectivity index (χ1n) is 9.53. The van der Waals surface area contributed by atoms with Gasteiger partial charge in [0.2, 0.25) is 5.91 Å². The predicted octanol–water partition coefficient (Wildman–Crippen LogP) is 3.48. The molecule has 2 aliphatic carbocycles. The SMILES string of the molecule is Cn1c(CC2CCCCC2)nnc1SCC(=O)NC1CCCCC1. The van der Waals surface area contributed by atoms with Gasteiger partial charge in [-0.2, -0.15) is 0 Å². The number of carbonyl (C=O) groups is 1. The molecule has 0 aromatic carbocycles. The quantitative estimate of drug-likeness (QED) is 0.798. The van der Waals surface area contributed by atoms with E-state index in [1.54, 1.807) is 0 Å². The van der Waals surface area contributed by atoms with Gasteiger partial charge in [0.1, 0.15) is 5.82 Å². The maximum absolute atomic E-state index is 12.1. The summed E-state index contributed by atoms with van der Waals surface area (Å²) in [5.41, 5.74) is 0. The molecule has 0 bridgehead atoms. The molecule has 1 amide bonds. The van der Waals surface area contributed by atoms with E-state index in [2.05, 4.69) is 20.1 Å². The van der Waals surface area contributed by atoms with Gasteiger partial charge in [0.25, 0.3) is 0 Å². The van der Waals surface area contributed by atoms with Crippen molar-refractivity contribution in [1.29, 1.82) is 0 Å². The number of carbonyl (C=O) groups excluding carboxylic acids is 1. The van der Waals surface area contributed by atoms with Crippen molar-refractivity contribution in [2.24, 2.45) is 13.0 Å². The average Bonchev–Trinajstić information content (AvgIpc) is 2.95. The van der Waals surface area contributed by atoms with E-state index in [0.717, 1.165) is 36.2 Å². The van der Waals surface area contributed by atoms with Gasteiger partial charge in [0.05, 0.1) is 5.75 Å². The highest BCUT2D eigenvalue weighted by Gasteiger charge is 2.19. The third-order valence-electron chi connectivity index (χ3n) is 5.42. The van der Waals surface area contributed by atoms with E-state index in [-0.39, 0.29) is 5.91 Å². The van der Waals surface area contributed by atoms with Crippen molar-refractivity contribution in [3.8, 4) is 0 Å². The van der Waals surface area contributed by atoms with Crippen molar-refractivity contribution in [1.82, 2.24) is 20.1 Å². The molecular formula is C18H30N4OS. The predicted molar refractivity (Wildman–Crippen MR) is 97.0 cm³/mol. The van der Waals surface area contributed by atoms with Crippen LogP contribution in [0.3, 0.4) is 0 Å². The van der Waals surface area contributed by atoms with Crippen LogP contribution in [-0.2, 0) is 18.3 Å². The van der Waals surface area contributed by atoms with Gasteiger partial charge in [-0.3, -0.25) is 4.79 Å². The minimum atomic E-state index is 0.128. The second-order valence-corrected chi connectivity index (χ2v) is 8.30. The molecule has 0 saturated heterocycles. The van der Waals surface area contributed by atoms with Crippen LogP contribution >= 0.6 is 11.8 Å². The summed E-state index contributed by atoms with van der Waals surface area (Å²) >= 11 is 1.50. The molecule has 2 saturated carbocycles. The van der Waals surface area contributed by atoms with Crippen molar-refractivity contribution in [2.75, 3.05) is 5.75 Å². The Morgan fingerprint density at radius 2 is 1.75 bits per heavy atom. The lowest BCUT2D eigenvalue weighted by Crippen LogP contribution is -2.37. The molecule has 6 heteroatoms. The normalized spacial score (nSPS) is 20.2. The average molecular weight is 351 g/mol. The number of thioether (sulfide) groups is 1. The van der Waals surface area contributed by atoms with E-state index in [4.69, 9.17) is 0 Å². The summed E-state index contributed by atoms with van der Waals surface area (Å²) in [6, 6.07) is 0.383. The van der Waals surface area contributed by atoms with Crippen LogP contribution in [0.25, 0.3) is 0 Å². The lowest BCUT2D eigenvalue weighted by Gasteiger charge is -2.22. The van der Waals surface area contributed by atoms with Gasteiger partial charge < -0.3 is 9.88 Å². The Kier molecular flexibility index (Phi) is 6.58. The molecule has 1 aromatic heterocycles. The molecule has 5 nitrogen and oxygen atoms in total. The van der Waals surface area contributed by atoms with Crippen molar-refractivity contribution in [3.05, 3.63) is 5.82 Å². The van der Waals surface area contributed by atoms with Gasteiger partial charge in [-0.1, -0.05) is 63.1 Å². The van der Waals surface area contributed by atoms with E-state index in [1.165, 1.54) is 63.1 Å². The molecule has 0 unspecified atom stereocenters. The topological polar surface area (TPSA) is 59.8 Å². The van der Waals surface area contributed by atoms with Gasteiger partial charge in [0, 0.05) is 19.5 Å². The van der Waals surface area contributed by atoms with E-state index in [0.29, 0.717) is 11.8 Å².